The number of aromatic nitrogens is 1. The molecule has 1 aliphatic heterocycles. The van der Waals surface area contributed by atoms with E-state index < -0.39 is 0 Å². The average Bonchev–Trinajstić information content (AvgIpc) is 2.75. The van der Waals surface area contributed by atoms with E-state index in [2.05, 4.69) is 36.6 Å². The molecular formula is C18H25NO. The zero-order valence-corrected chi connectivity index (χ0v) is 12.7. The lowest BCUT2D eigenvalue weighted by Gasteiger charge is -2.27. The number of rotatable bonds is 5. The van der Waals surface area contributed by atoms with Gasteiger partial charge in [0.1, 0.15) is 0 Å². The number of hydrogen-bond donors (Lipinski definition) is 1. The van der Waals surface area contributed by atoms with Crippen LogP contribution in [-0.4, -0.2) is 16.3 Å². The Hall–Kier alpha value is -1.28. The molecule has 0 fully saturated rings. The zero-order valence-electron chi connectivity index (χ0n) is 12.7. The summed E-state index contributed by atoms with van der Waals surface area (Å²) in [6.07, 6.45) is 7.10. The van der Waals surface area contributed by atoms with Crippen LogP contribution >= 0.6 is 0 Å². The Morgan fingerprint density at radius 3 is 2.95 bits per heavy atom. The van der Waals surface area contributed by atoms with Crippen LogP contribution in [-0.2, 0) is 12.8 Å². The van der Waals surface area contributed by atoms with E-state index in [0.29, 0.717) is 6.04 Å². The van der Waals surface area contributed by atoms with E-state index in [1.165, 1.54) is 59.8 Å². The molecule has 108 valence electrons. The predicted octanol–water partition coefficient (Wildman–Crippen LogP) is 4.16. The molecule has 0 aliphatic carbocycles. The molecular weight excluding hydrogens is 246 g/mol. The van der Waals surface area contributed by atoms with Crippen LogP contribution in [0.15, 0.2) is 18.2 Å². The number of nitrogens with zero attached hydrogens (tertiary/aromatic N) is 1. The zero-order chi connectivity index (χ0) is 14.1. The van der Waals surface area contributed by atoms with Crippen LogP contribution in [0.4, 0.5) is 0 Å². The highest BCUT2D eigenvalue weighted by Gasteiger charge is 2.25. The summed E-state index contributed by atoms with van der Waals surface area (Å²) in [4.78, 5) is 0. The fraction of sp³-hybridized carbons (Fsp3) is 0.556. The van der Waals surface area contributed by atoms with E-state index in [0.717, 1.165) is 6.42 Å². The first-order valence-electron chi connectivity index (χ1n) is 8.00. The maximum atomic E-state index is 9.37. The Morgan fingerprint density at radius 2 is 2.20 bits per heavy atom. The van der Waals surface area contributed by atoms with E-state index >= 15 is 0 Å². The molecule has 1 N–H and O–H groups in total. The lowest BCUT2D eigenvalue weighted by molar-refractivity contribution is 0.299. The first-order valence-corrected chi connectivity index (χ1v) is 8.00. The van der Waals surface area contributed by atoms with E-state index in [9.17, 15) is 5.11 Å². The number of benzene rings is 1. The van der Waals surface area contributed by atoms with Crippen LogP contribution in [0.2, 0.25) is 0 Å². The molecule has 1 aliphatic rings. The largest absolute Gasteiger partial charge is 0.396 e. The number of unbranched alkanes of at least 4 members (excludes halogenated alkanes) is 1. The summed E-state index contributed by atoms with van der Waals surface area (Å²) in [5.41, 5.74) is 5.67. The van der Waals surface area contributed by atoms with Gasteiger partial charge in [-0.25, -0.2) is 0 Å². The Kier molecular flexibility index (Phi) is 3.84. The first-order chi connectivity index (χ1) is 9.77. The second-order valence-electron chi connectivity index (χ2n) is 6.06. The summed E-state index contributed by atoms with van der Waals surface area (Å²) in [5.74, 6) is 0. The van der Waals surface area contributed by atoms with Crippen LogP contribution < -0.4 is 0 Å². The molecule has 1 aromatic heterocycles. The highest BCUT2D eigenvalue weighted by atomic mass is 16.2. The van der Waals surface area contributed by atoms with Crippen molar-refractivity contribution in [2.75, 3.05) is 6.61 Å². The third-order valence-corrected chi connectivity index (χ3v) is 4.85. The minimum Gasteiger partial charge on any atom is -0.396 e. The highest BCUT2D eigenvalue weighted by molar-refractivity contribution is 5.89. The lowest BCUT2D eigenvalue weighted by atomic mass is 9.95. The van der Waals surface area contributed by atoms with Gasteiger partial charge in [0, 0.05) is 23.7 Å². The third-order valence-electron chi connectivity index (χ3n) is 4.85. The van der Waals surface area contributed by atoms with Gasteiger partial charge in [0.15, 0.2) is 0 Å². The van der Waals surface area contributed by atoms with Gasteiger partial charge < -0.3 is 9.67 Å². The maximum Gasteiger partial charge on any atom is 0.0520 e. The molecule has 0 spiro atoms. The minimum atomic E-state index is 0.240. The number of aryl methyl sites for hydroxylation is 1. The monoisotopic (exact) mass is 271 g/mol. The summed E-state index contributed by atoms with van der Waals surface area (Å²) in [6.45, 7) is 4.74. The number of aliphatic hydroxyl groups is 1. The molecule has 2 aromatic rings. The molecule has 1 unspecified atom stereocenters. The van der Waals surface area contributed by atoms with Gasteiger partial charge in [0.25, 0.3) is 0 Å². The molecule has 2 heteroatoms. The summed E-state index contributed by atoms with van der Waals surface area (Å²) in [5, 5.41) is 10.7. The van der Waals surface area contributed by atoms with Gasteiger partial charge in [0.2, 0.25) is 0 Å². The van der Waals surface area contributed by atoms with Crippen LogP contribution in [0.25, 0.3) is 10.9 Å². The molecule has 3 rings (SSSR count). The molecule has 20 heavy (non-hydrogen) atoms. The average molecular weight is 271 g/mol. The third kappa shape index (κ3) is 2.07. The van der Waals surface area contributed by atoms with Gasteiger partial charge >= 0.3 is 0 Å². The lowest BCUT2D eigenvalue weighted by Crippen LogP contribution is -2.17. The standard InChI is InChI=1S/C18H25NO/c1-3-4-7-15-10-9-14-6-5-8-17-16(11-12-20)13(2)19(15)18(14)17/h5-6,8,15,20H,3-4,7,9-12H2,1-2H3. The molecule has 1 atom stereocenters. The summed E-state index contributed by atoms with van der Waals surface area (Å²) < 4.78 is 2.58. The molecule has 0 bridgehead atoms. The smallest absolute Gasteiger partial charge is 0.0520 e. The fourth-order valence-corrected chi connectivity index (χ4v) is 3.88. The second-order valence-corrected chi connectivity index (χ2v) is 6.06. The van der Waals surface area contributed by atoms with Crippen molar-refractivity contribution in [3.05, 3.63) is 35.0 Å². The Morgan fingerprint density at radius 1 is 1.35 bits per heavy atom. The van der Waals surface area contributed by atoms with Crippen LogP contribution in [0.3, 0.4) is 0 Å². The van der Waals surface area contributed by atoms with Crippen LogP contribution in [0, 0.1) is 6.92 Å². The van der Waals surface area contributed by atoms with E-state index in [1.807, 2.05) is 0 Å². The molecule has 0 saturated heterocycles. The van der Waals surface area contributed by atoms with Crippen molar-refractivity contribution in [3.8, 4) is 0 Å². The Bertz CT molecular complexity index is 611. The molecule has 2 heterocycles. The van der Waals surface area contributed by atoms with Gasteiger partial charge in [-0.05, 0) is 43.7 Å². The maximum absolute atomic E-state index is 9.37. The normalized spacial score (nSPS) is 17.9. The van der Waals surface area contributed by atoms with Crippen molar-refractivity contribution in [2.24, 2.45) is 0 Å². The van der Waals surface area contributed by atoms with Crippen molar-refractivity contribution >= 4 is 10.9 Å². The molecule has 1 aromatic carbocycles. The van der Waals surface area contributed by atoms with E-state index in [4.69, 9.17) is 0 Å². The SMILES string of the molecule is CCCCC1CCc2cccc3c(CCO)c(C)n1c23. The van der Waals surface area contributed by atoms with Crippen molar-refractivity contribution < 1.29 is 5.11 Å². The molecule has 0 amide bonds. The molecule has 2 nitrogen and oxygen atoms in total. The van der Waals surface area contributed by atoms with Crippen LogP contribution in [0.1, 0.15) is 55.5 Å². The van der Waals surface area contributed by atoms with Gasteiger partial charge in [-0.2, -0.15) is 0 Å². The molecule has 0 radical (unpaired) electrons. The van der Waals surface area contributed by atoms with Crippen molar-refractivity contribution in [1.29, 1.82) is 0 Å². The number of hydrogen-bond acceptors (Lipinski definition) is 1. The fourth-order valence-electron chi connectivity index (χ4n) is 3.88. The van der Waals surface area contributed by atoms with Crippen molar-refractivity contribution in [3.63, 3.8) is 0 Å². The van der Waals surface area contributed by atoms with Crippen molar-refractivity contribution in [2.45, 2.75) is 58.4 Å². The Balaban J connectivity index is 2.16. The van der Waals surface area contributed by atoms with Gasteiger partial charge in [-0.15, -0.1) is 0 Å². The summed E-state index contributed by atoms with van der Waals surface area (Å²) >= 11 is 0. The quantitative estimate of drug-likeness (QED) is 0.867. The van der Waals surface area contributed by atoms with Crippen LogP contribution in [0.5, 0.6) is 0 Å². The second kappa shape index (κ2) is 5.61. The molecule has 0 saturated carbocycles. The van der Waals surface area contributed by atoms with E-state index in [-0.39, 0.29) is 6.61 Å². The number of aliphatic hydroxyl groups excluding tert-OH is 1. The Labute approximate surface area is 121 Å². The minimum absolute atomic E-state index is 0.240. The summed E-state index contributed by atoms with van der Waals surface area (Å²) in [6, 6.07) is 7.33. The first kappa shape index (κ1) is 13.7. The van der Waals surface area contributed by atoms with E-state index in [1.54, 1.807) is 0 Å². The summed E-state index contributed by atoms with van der Waals surface area (Å²) in [7, 11) is 0. The topological polar surface area (TPSA) is 25.2 Å². The highest BCUT2D eigenvalue weighted by Crippen LogP contribution is 2.39. The predicted molar refractivity (Wildman–Crippen MR) is 84.3 cm³/mol. The van der Waals surface area contributed by atoms with Gasteiger partial charge in [0.05, 0.1) is 5.52 Å². The van der Waals surface area contributed by atoms with Gasteiger partial charge in [-0.3, -0.25) is 0 Å². The van der Waals surface area contributed by atoms with Crippen molar-refractivity contribution in [1.82, 2.24) is 4.57 Å². The number of para-hydroxylation sites is 1. The van der Waals surface area contributed by atoms with Gasteiger partial charge in [-0.1, -0.05) is 38.0 Å².